The van der Waals surface area contributed by atoms with Gasteiger partial charge in [-0.05, 0) is 74.4 Å². The largest absolute Gasteiger partial charge is 0.391 e. The fraction of sp³-hybridized carbons (Fsp3) is 0.500. The fourth-order valence-corrected chi connectivity index (χ4v) is 4.72. The summed E-state index contributed by atoms with van der Waals surface area (Å²) < 4.78 is 19.2. The van der Waals surface area contributed by atoms with Crippen LogP contribution < -0.4 is 0 Å². The average molecular weight is 384 g/mol. The Hall–Kier alpha value is -1.75. The van der Waals surface area contributed by atoms with Gasteiger partial charge in [0.1, 0.15) is 5.82 Å². The van der Waals surface area contributed by atoms with Gasteiger partial charge in [-0.1, -0.05) is 42.5 Å². The number of aliphatic hydroxyl groups excluding tert-OH is 1. The van der Waals surface area contributed by atoms with Crippen molar-refractivity contribution in [3.8, 4) is 0 Å². The van der Waals surface area contributed by atoms with Gasteiger partial charge in [0.15, 0.2) is 0 Å². The van der Waals surface area contributed by atoms with Crippen molar-refractivity contribution >= 4 is 0 Å². The number of halogens is 1. The molecule has 0 spiro atoms. The molecule has 150 valence electrons. The van der Waals surface area contributed by atoms with Crippen molar-refractivity contribution in [3.05, 3.63) is 71.5 Å². The summed E-state index contributed by atoms with van der Waals surface area (Å²) >= 11 is 0. The molecule has 4 rings (SSSR count). The van der Waals surface area contributed by atoms with Crippen molar-refractivity contribution in [1.29, 1.82) is 0 Å². The van der Waals surface area contributed by atoms with Crippen LogP contribution in [0.25, 0.3) is 0 Å². The second-order valence-corrected chi connectivity index (χ2v) is 8.23. The maximum absolute atomic E-state index is 13.0. The van der Waals surface area contributed by atoms with Gasteiger partial charge in [-0.2, -0.15) is 0 Å². The topological polar surface area (TPSA) is 32.7 Å². The summed E-state index contributed by atoms with van der Waals surface area (Å²) in [7, 11) is 0. The van der Waals surface area contributed by atoms with Gasteiger partial charge in [0.05, 0.1) is 18.8 Å². The predicted molar refractivity (Wildman–Crippen MR) is 109 cm³/mol. The van der Waals surface area contributed by atoms with Crippen LogP contribution in [0.3, 0.4) is 0 Å². The van der Waals surface area contributed by atoms with Crippen LogP contribution in [0.5, 0.6) is 0 Å². The molecule has 1 saturated heterocycles. The third kappa shape index (κ3) is 4.80. The zero-order valence-electron chi connectivity index (χ0n) is 16.3. The molecule has 3 nitrogen and oxygen atoms in total. The number of ether oxygens (including phenoxy) is 1. The third-order valence-electron chi connectivity index (χ3n) is 6.40. The van der Waals surface area contributed by atoms with Crippen LogP contribution in [-0.4, -0.2) is 41.3 Å². The Kier molecular flexibility index (Phi) is 6.40. The molecule has 0 aromatic heterocycles. The molecule has 2 aromatic rings. The van der Waals surface area contributed by atoms with E-state index in [4.69, 9.17) is 4.74 Å². The molecule has 1 aliphatic heterocycles. The smallest absolute Gasteiger partial charge is 0.123 e. The van der Waals surface area contributed by atoms with E-state index in [1.54, 1.807) is 12.1 Å². The van der Waals surface area contributed by atoms with E-state index in [2.05, 4.69) is 35.2 Å². The SMILES string of the molecule is O[C@@H]1CC[C@H](OCc2ccc(F)cc2)C[C@H]1N1CCC(c2ccccc2)CC1. The number of piperidine rings is 1. The van der Waals surface area contributed by atoms with Gasteiger partial charge in [0, 0.05) is 6.04 Å². The Balaban J connectivity index is 1.29. The Morgan fingerprint density at radius 3 is 2.36 bits per heavy atom. The maximum Gasteiger partial charge on any atom is 0.123 e. The Morgan fingerprint density at radius 2 is 1.64 bits per heavy atom. The van der Waals surface area contributed by atoms with Gasteiger partial charge >= 0.3 is 0 Å². The summed E-state index contributed by atoms with van der Waals surface area (Å²) in [4.78, 5) is 2.47. The number of nitrogens with zero attached hydrogens (tertiary/aromatic N) is 1. The van der Waals surface area contributed by atoms with Gasteiger partial charge in [0.2, 0.25) is 0 Å². The average Bonchev–Trinajstić information content (AvgIpc) is 2.75. The summed E-state index contributed by atoms with van der Waals surface area (Å²) in [6, 6.07) is 17.5. The Bertz CT molecular complexity index is 728. The highest BCUT2D eigenvalue weighted by molar-refractivity contribution is 5.20. The zero-order chi connectivity index (χ0) is 19.3. The highest BCUT2D eigenvalue weighted by Gasteiger charge is 2.35. The number of likely N-dealkylation sites (tertiary alicyclic amines) is 1. The van der Waals surface area contributed by atoms with Crippen molar-refractivity contribution in [2.45, 2.75) is 62.9 Å². The van der Waals surface area contributed by atoms with Crippen LogP contribution in [0, 0.1) is 5.82 Å². The molecule has 1 aliphatic carbocycles. The minimum atomic E-state index is -0.265. The molecular formula is C24H30FNO2. The first-order valence-corrected chi connectivity index (χ1v) is 10.5. The lowest BCUT2D eigenvalue weighted by atomic mass is 9.85. The van der Waals surface area contributed by atoms with Crippen molar-refractivity contribution < 1.29 is 14.2 Å². The first-order chi connectivity index (χ1) is 13.7. The van der Waals surface area contributed by atoms with E-state index in [9.17, 15) is 9.50 Å². The first kappa shape index (κ1) is 19.6. The Morgan fingerprint density at radius 1 is 0.929 bits per heavy atom. The van der Waals surface area contributed by atoms with Crippen LogP contribution in [-0.2, 0) is 11.3 Å². The van der Waals surface area contributed by atoms with Gasteiger partial charge in [-0.25, -0.2) is 4.39 Å². The highest BCUT2D eigenvalue weighted by atomic mass is 19.1. The molecule has 2 aliphatic rings. The van der Waals surface area contributed by atoms with Gasteiger partial charge in [0.25, 0.3) is 0 Å². The van der Waals surface area contributed by atoms with Crippen LogP contribution in [0.15, 0.2) is 54.6 Å². The summed E-state index contributed by atoms with van der Waals surface area (Å²) in [6.45, 7) is 2.57. The first-order valence-electron chi connectivity index (χ1n) is 10.5. The molecule has 0 amide bonds. The number of aliphatic hydroxyl groups is 1. The fourth-order valence-electron chi connectivity index (χ4n) is 4.72. The van der Waals surface area contributed by atoms with Crippen LogP contribution in [0.4, 0.5) is 4.39 Å². The van der Waals surface area contributed by atoms with E-state index in [1.807, 2.05) is 0 Å². The van der Waals surface area contributed by atoms with E-state index < -0.39 is 0 Å². The highest BCUT2D eigenvalue weighted by Crippen LogP contribution is 2.33. The van der Waals surface area contributed by atoms with Gasteiger partial charge < -0.3 is 9.84 Å². The number of rotatable bonds is 5. The molecule has 28 heavy (non-hydrogen) atoms. The zero-order valence-corrected chi connectivity index (χ0v) is 16.3. The van der Waals surface area contributed by atoms with E-state index in [0.29, 0.717) is 12.5 Å². The Labute approximate surface area is 167 Å². The molecule has 4 heteroatoms. The van der Waals surface area contributed by atoms with Crippen LogP contribution in [0.2, 0.25) is 0 Å². The number of hydrogen-bond donors (Lipinski definition) is 1. The minimum Gasteiger partial charge on any atom is -0.391 e. The van der Waals surface area contributed by atoms with Gasteiger partial charge in [-0.15, -0.1) is 0 Å². The van der Waals surface area contributed by atoms with E-state index in [0.717, 1.165) is 50.8 Å². The van der Waals surface area contributed by atoms with Gasteiger partial charge in [-0.3, -0.25) is 4.90 Å². The van der Waals surface area contributed by atoms with Crippen molar-refractivity contribution in [1.82, 2.24) is 4.90 Å². The molecule has 1 N–H and O–H groups in total. The maximum atomic E-state index is 13.0. The van der Waals surface area contributed by atoms with E-state index in [-0.39, 0.29) is 24.1 Å². The summed E-state index contributed by atoms with van der Waals surface area (Å²) in [5, 5.41) is 10.6. The lowest BCUT2D eigenvalue weighted by molar-refractivity contribution is -0.0629. The molecule has 1 saturated carbocycles. The van der Waals surface area contributed by atoms with Crippen LogP contribution in [0.1, 0.15) is 49.1 Å². The number of benzene rings is 2. The van der Waals surface area contributed by atoms with Crippen molar-refractivity contribution in [2.24, 2.45) is 0 Å². The summed E-state index contributed by atoms with van der Waals surface area (Å²) in [6.07, 6.45) is 4.74. The van der Waals surface area contributed by atoms with E-state index >= 15 is 0 Å². The monoisotopic (exact) mass is 383 g/mol. The second kappa shape index (κ2) is 9.17. The second-order valence-electron chi connectivity index (χ2n) is 8.23. The third-order valence-corrected chi connectivity index (χ3v) is 6.40. The van der Waals surface area contributed by atoms with Crippen molar-refractivity contribution in [3.63, 3.8) is 0 Å². The lowest BCUT2D eigenvalue weighted by Gasteiger charge is -2.43. The molecule has 0 bridgehead atoms. The lowest BCUT2D eigenvalue weighted by Crippen LogP contribution is -2.51. The molecule has 0 unspecified atom stereocenters. The molecule has 3 atom stereocenters. The normalized spacial score (nSPS) is 27.0. The van der Waals surface area contributed by atoms with E-state index in [1.165, 1.54) is 17.7 Å². The quantitative estimate of drug-likeness (QED) is 0.825. The summed E-state index contributed by atoms with van der Waals surface area (Å²) in [5.41, 5.74) is 2.43. The molecule has 1 heterocycles. The standard InChI is InChI=1S/C24H30FNO2/c25-21-8-6-18(7-9-21)17-28-22-10-11-24(27)23(16-22)26-14-12-20(13-15-26)19-4-2-1-3-5-19/h1-9,20,22-24,27H,10-17H2/t22-,23+,24+/m0/s1. The predicted octanol–water partition coefficient (Wildman–Crippen LogP) is 4.50. The molecule has 2 fully saturated rings. The van der Waals surface area contributed by atoms with Crippen LogP contribution >= 0.6 is 0 Å². The molecule has 0 radical (unpaired) electrons. The summed E-state index contributed by atoms with van der Waals surface area (Å²) in [5.74, 6) is 0.409. The minimum absolute atomic E-state index is 0.158. The molecule has 2 aromatic carbocycles. The molecular weight excluding hydrogens is 353 g/mol. The van der Waals surface area contributed by atoms with Crippen molar-refractivity contribution in [2.75, 3.05) is 13.1 Å². The number of hydrogen-bond acceptors (Lipinski definition) is 3.